The number of benzene rings is 1. The van der Waals surface area contributed by atoms with E-state index in [0.29, 0.717) is 19.8 Å². The third kappa shape index (κ3) is 4.03. The van der Waals surface area contributed by atoms with Crippen molar-refractivity contribution in [1.82, 2.24) is 4.90 Å². The Labute approximate surface area is 119 Å². The second-order valence-electron chi connectivity index (χ2n) is 4.97. The summed E-state index contributed by atoms with van der Waals surface area (Å²) < 4.78 is 10.8. The van der Waals surface area contributed by atoms with Gasteiger partial charge in [0.1, 0.15) is 0 Å². The average molecular weight is 279 g/mol. The molecule has 1 aliphatic rings. The van der Waals surface area contributed by atoms with Gasteiger partial charge in [0.15, 0.2) is 0 Å². The molecule has 0 amide bonds. The van der Waals surface area contributed by atoms with E-state index in [1.165, 1.54) is 5.56 Å². The van der Waals surface area contributed by atoms with Crippen molar-refractivity contribution in [2.75, 3.05) is 33.4 Å². The second kappa shape index (κ2) is 7.38. The van der Waals surface area contributed by atoms with Crippen LogP contribution in [0.5, 0.6) is 0 Å². The number of carboxylic acids is 1. The smallest absolute Gasteiger partial charge is 0.306 e. The third-order valence-electron chi connectivity index (χ3n) is 3.52. The number of nitrogens with zero attached hydrogens (tertiary/aromatic N) is 1. The van der Waals surface area contributed by atoms with E-state index in [1.54, 1.807) is 7.11 Å². The Morgan fingerprint density at radius 2 is 2.25 bits per heavy atom. The molecule has 0 spiro atoms. The predicted molar refractivity (Wildman–Crippen MR) is 74.6 cm³/mol. The number of hydrogen-bond acceptors (Lipinski definition) is 4. The summed E-state index contributed by atoms with van der Waals surface area (Å²) in [4.78, 5) is 13.1. The summed E-state index contributed by atoms with van der Waals surface area (Å²) in [6, 6.07) is 10.3. The molecule has 0 saturated carbocycles. The Kier molecular flexibility index (Phi) is 5.52. The van der Waals surface area contributed by atoms with Gasteiger partial charge in [-0.3, -0.25) is 9.69 Å². The van der Waals surface area contributed by atoms with Crippen LogP contribution in [0.15, 0.2) is 30.3 Å². The molecule has 1 aromatic rings. The number of ether oxygens (including phenoxy) is 2. The Balaban J connectivity index is 2.07. The molecule has 2 rings (SSSR count). The van der Waals surface area contributed by atoms with Gasteiger partial charge in [-0.25, -0.2) is 0 Å². The van der Waals surface area contributed by atoms with E-state index in [2.05, 4.69) is 17.0 Å². The molecule has 5 heteroatoms. The maximum atomic E-state index is 10.8. The first kappa shape index (κ1) is 15.0. The highest BCUT2D eigenvalue weighted by Gasteiger charge is 2.28. The zero-order chi connectivity index (χ0) is 14.4. The molecule has 1 N–H and O–H groups in total. The van der Waals surface area contributed by atoms with E-state index >= 15 is 0 Å². The lowest BCUT2D eigenvalue weighted by atomic mass is 10.0. The van der Waals surface area contributed by atoms with E-state index in [1.807, 2.05) is 18.2 Å². The molecular formula is C15H21NO4. The molecule has 1 aliphatic heterocycles. The zero-order valence-corrected chi connectivity index (χ0v) is 11.7. The van der Waals surface area contributed by atoms with Crippen LogP contribution < -0.4 is 0 Å². The van der Waals surface area contributed by atoms with Crippen LogP contribution >= 0.6 is 0 Å². The minimum atomic E-state index is -0.820. The van der Waals surface area contributed by atoms with E-state index < -0.39 is 5.97 Å². The lowest BCUT2D eigenvalue weighted by Gasteiger charge is -2.37. The predicted octanol–water partition coefficient (Wildman–Crippen LogP) is 1.55. The molecule has 0 aliphatic carbocycles. The van der Waals surface area contributed by atoms with E-state index in [9.17, 15) is 4.79 Å². The van der Waals surface area contributed by atoms with Crippen molar-refractivity contribution in [3.05, 3.63) is 35.9 Å². The number of methoxy groups -OCH3 is 1. The van der Waals surface area contributed by atoms with Gasteiger partial charge in [0, 0.05) is 20.2 Å². The first-order valence-electron chi connectivity index (χ1n) is 6.82. The van der Waals surface area contributed by atoms with Crippen LogP contribution in [0.3, 0.4) is 0 Å². The molecule has 1 aromatic carbocycles. The molecule has 1 heterocycles. The van der Waals surface area contributed by atoms with Crippen LogP contribution in [0.1, 0.15) is 18.0 Å². The number of morpholine rings is 1. The first-order valence-corrected chi connectivity index (χ1v) is 6.82. The van der Waals surface area contributed by atoms with Gasteiger partial charge in [-0.1, -0.05) is 30.3 Å². The fraction of sp³-hybridized carbons (Fsp3) is 0.533. The Hall–Kier alpha value is -1.43. The first-order chi connectivity index (χ1) is 9.70. The maximum absolute atomic E-state index is 10.8. The highest BCUT2D eigenvalue weighted by molar-refractivity contribution is 5.67. The van der Waals surface area contributed by atoms with Crippen molar-refractivity contribution < 1.29 is 19.4 Å². The number of carbonyl (C=O) groups is 1. The third-order valence-corrected chi connectivity index (χ3v) is 3.52. The van der Waals surface area contributed by atoms with Crippen LogP contribution in [-0.2, 0) is 14.3 Å². The normalized spacial score (nSPS) is 21.6. The van der Waals surface area contributed by atoms with Gasteiger partial charge in [0.2, 0.25) is 0 Å². The van der Waals surface area contributed by atoms with Crippen molar-refractivity contribution >= 4 is 5.97 Å². The minimum Gasteiger partial charge on any atom is -0.481 e. The fourth-order valence-electron chi connectivity index (χ4n) is 2.59. The van der Waals surface area contributed by atoms with Gasteiger partial charge < -0.3 is 14.6 Å². The zero-order valence-electron chi connectivity index (χ0n) is 11.7. The molecule has 2 unspecified atom stereocenters. The van der Waals surface area contributed by atoms with Crippen molar-refractivity contribution in [3.8, 4) is 0 Å². The molecule has 110 valence electrons. The van der Waals surface area contributed by atoms with Gasteiger partial charge in [0.25, 0.3) is 0 Å². The molecule has 0 bridgehead atoms. The van der Waals surface area contributed by atoms with E-state index in [4.69, 9.17) is 14.6 Å². The lowest BCUT2D eigenvalue weighted by molar-refractivity contribution is -0.142. The monoisotopic (exact) mass is 279 g/mol. The molecule has 5 nitrogen and oxygen atoms in total. The Morgan fingerprint density at radius 1 is 1.50 bits per heavy atom. The summed E-state index contributed by atoms with van der Waals surface area (Å²) in [7, 11) is 1.69. The van der Waals surface area contributed by atoms with Crippen LogP contribution in [0.2, 0.25) is 0 Å². The number of rotatable bonds is 6. The van der Waals surface area contributed by atoms with Gasteiger partial charge in [-0.2, -0.15) is 0 Å². The van der Waals surface area contributed by atoms with E-state index in [0.717, 1.165) is 6.54 Å². The van der Waals surface area contributed by atoms with Crippen LogP contribution in [0.25, 0.3) is 0 Å². The highest BCUT2D eigenvalue weighted by atomic mass is 16.5. The molecule has 1 fully saturated rings. The lowest BCUT2D eigenvalue weighted by Crippen LogP contribution is -2.46. The topological polar surface area (TPSA) is 59.0 Å². The van der Waals surface area contributed by atoms with Crippen LogP contribution in [-0.4, -0.2) is 55.5 Å². The summed E-state index contributed by atoms with van der Waals surface area (Å²) in [6.45, 7) is 2.56. The van der Waals surface area contributed by atoms with Crippen molar-refractivity contribution in [2.45, 2.75) is 18.6 Å². The van der Waals surface area contributed by atoms with Crippen LogP contribution in [0, 0.1) is 0 Å². The van der Waals surface area contributed by atoms with Gasteiger partial charge in [-0.05, 0) is 5.56 Å². The molecule has 1 saturated heterocycles. The molecule has 0 radical (unpaired) electrons. The second-order valence-corrected chi connectivity index (χ2v) is 4.97. The van der Waals surface area contributed by atoms with Crippen molar-refractivity contribution in [2.24, 2.45) is 0 Å². The fourth-order valence-corrected chi connectivity index (χ4v) is 2.59. The number of hydrogen-bond donors (Lipinski definition) is 1. The standard InChI is InChI=1S/C15H21NO4/c1-19-11-14(12-5-3-2-4-6-12)16-7-8-20-13(10-16)9-15(17)18/h2-6,13-14H,7-11H2,1H3,(H,17,18). The summed E-state index contributed by atoms with van der Waals surface area (Å²) in [5, 5.41) is 8.89. The number of carboxylic acid groups (broad SMARTS) is 1. The SMILES string of the molecule is COCC(c1ccccc1)N1CCOC(CC(=O)O)C1. The summed E-state index contributed by atoms with van der Waals surface area (Å²) >= 11 is 0. The Morgan fingerprint density at radius 3 is 2.90 bits per heavy atom. The summed E-state index contributed by atoms with van der Waals surface area (Å²) in [6.07, 6.45) is -0.199. The summed E-state index contributed by atoms with van der Waals surface area (Å²) in [5.74, 6) is -0.820. The molecule has 20 heavy (non-hydrogen) atoms. The van der Waals surface area contributed by atoms with Crippen LogP contribution in [0.4, 0.5) is 0 Å². The van der Waals surface area contributed by atoms with Gasteiger partial charge in [-0.15, -0.1) is 0 Å². The highest BCUT2D eigenvalue weighted by Crippen LogP contribution is 2.24. The van der Waals surface area contributed by atoms with Gasteiger partial charge >= 0.3 is 5.97 Å². The van der Waals surface area contributed by atoms with Crippen molar-refractivity contribution in [3.63, 3.8) is 0 Å². The Bertz CT molecular complexity index is 423. The molecule has 2 atom stereocenters. The average Bonchev–Trinajstić information content (AvgIpc) is 2.45. The van der Waals surface area contributed by atoms with E-state index in [-0.39, 0.29) is 18.6 Å². The number of aliphatic carboxylic acids is 1. The molecule has 0 aromatic heterocycles. The largest absolute Gasteiger partial charge is 0.481 e. The minimum absolute atomic E-state index is 0.0466. The maximum Gasteiger partial charge on any atom is 0.306 e. The summed E-state index contributed by atoms with van der Waals surface area (Å²) in [5.41, 5.74) is 1.19. The van der Waals surface area contributed by atoms with Crippen molar-refractivity contribution in [1.29, 1.82) is 0 Å². The molecular weight excluding hydrogens is 258 g/mol. The quantitative estimate of drug-likeness (QED) is 0.856. The van der Waals surface area contributed by atoms with Gasteiger partial charge in [0.05, 0.1) is 31.8 Å².